The number of ketones is 1. The van der Waals surface area contributed by atoms with E-state index in [1.807, 2.05) is 34.1 Å². The zero-order valence-corrected chi connectivity index (χ0v) is 25.6. The van der Waals surface area contributed by atoms with Crippen LogP contribution in [0.2, 0.25) is 5.02 Å². The second kappa shape index (κ2) is 13.4. The van der Waals surface area contributed by atoms with Crippen LogP contribution >= 0.6 is 24.0 Å². The molecule has 2 fully saturated rings. The number of carbonyl (C=O) groups is 3. The van der Waals surface area contributed by atoms with Gasteiger partial charge in [-0.15, -0.1) is 12.4 Å². The van der Waals surface area contributed by atoms with E-state index in [1.165, 1.54) is 0 Å². The molecule has 1 N–H and O–H groups in total. The average Bonchev–Trinajstić information content (AvgIpc) is 3.49. The molecule has 0 atom stereocenters. The third-order valence-corrected chi connectivity index (χ3v) is 8.68. The number of aromatic nitrogens is 3. The van der Waals surface area contributed by atoms with E-state index in [9.17, 15) is 14.4 Å². The maximum Gasteiger partial charge on any atom is 0.253 e. The molecule has 5 rings (SSSR count). The fourth-order valence-electron chi connectivity index (χ4n) is 6.04. The van der Waals surface area contributed by atoms with Crippen LogP contribution in [-0.4, -0.2) is 81.0 Å². The van der Waals surface area contributed by atoms with Crippen molar-refractivity contribution in [1.29, 1.82) is 0 Å². The maximum atomic E-state index is 13.5. The molecular weight excluding hydrogens is 563 g/mol. The van der Waals surface area contributed by atoms with Gasteiger partial charge in [0.05, 0.1) is 23.4 Å². The van der Waals surface area contributed by atoms with E-state index in [0.717, 1.165) is 67.4 Å². The Morgan fingerprint density at radius 1 is 1.05 bits per heavy atom. The Morgan fingerprint density at radius 2 is 1.76 bits per heavy atom. The fourth-order valence-corrected chi connectivity index (χ4v) is 6.21. The Kier molecular flexibility index (Phi) is 10.2. The van der Waals surface area contributed by atoms with Gasteiger partial charge in [-0.1, -0.05) is 18.5 Å². The number of nitrogens with zero attached hydrogens (tertiary/aromatic N) is 5. The molecule has 1 aliphatic carbocycles. The van der Waals surface area contributed by atoms with Gasteiger partial charge in [-0.3, -0.25) is 19.1 Å². The number of nitrogens with one attached hydrogen (secondary N) is 1. The summed E-state index contributed by atoms with van der Waals surface area (Å²) in [5.41, 5.74) is 3.01. The van der Waals surface area contributed by atoms with Crippen LogP contribution in [0.1, 0.15) is 77.9 Å². The van der Waals surface area contributed by atoms with Crippen molar-refractivity contribution in [3.8, 4) is 0 Å². The van der Waals surface area contributed by atoms with Crippen LogP contribution in [0.4, 0.5) is 0 Å². The number of likely N-dealkylation sites (N-methyl/N-ethyl adjacent to an activating group) is 1. The lowest BCUT2D eigenvalue weighted by Gasteiger charge is -2.32. The number of amides is 2. The second-order valence-electron chi connectivity index (χ2n) is 11.3. The van der Waals surface area contributed by atoms with E-state index in [4.69, 9.17) is 11.6 Å². The summed E-state index contributed by atoms with van der Waals surface area (Å²) in [6, 6.07) is 5.74. The summed E-state index contributed by atoms with van der Waals surface area (Å²) in [6.45, 7) is 7.32. The van der Waals surface area contributed by atoms with Crippen LogP contribution in [0.3, 0.4) is 0 Å². The highest BCUT2D eigenvalue weighted by atomic mass is 35.5. The van der Waals surface area contributed by atoms with Gasteiger partial charge in [-0.05, 0) is 64.3 Å². The van der Waals surface area contributed by atoms with Crippen molar-refractivity contribution in [1.82, 2.24) is 29.5 Å². The number of halogens is 2. The predicted molar refractivity (Wildman–Crippen MR) is 163 cm³/mol. The number of rotatable bonds is 8. The summed E-state index contributed by atoms with van der Waals surface area (Å²) in [6.07, 6.45) is 8.27. The molecule has 41 heavy (non-hydrogen) atoms. The number of fused-ring (bicyclic) bond motifs is 1. The van der Waals surface area contributed by atoms with Crippen molar-refractivity contribution in [2.24, 2.45) is 0 Å². The van der Waals surface area contributed by atoms with Crippen LogP contribution in [0.25, 0.3) is 10.9 Å². The number of Topliss-reactive ketones (excluding diaryl/α,β-unsaturated/α-hetero) is 1. The van der Waals surface area contributed by atoms with Crippen molar-refractivity contribution in [2.75, 3.05) is 33.2 Å². The van der Waals surface area contributed by atoms with Crippen LogP contribution in [0.15, 0.2) is 30.6 Å². The Bertz CT molecular complexity index is 1400. The van der Waals surface area contributed by atoms with Crippen LogP contribution in [0.5, 0.6) is 0 Å². The first-order valence-electron chi connectivity index (χ1n) is 14.4. The van der Waals surface area contributed by atoms with Crippen molar-refractivity contribution < 1.29 is 14.4 Å². The fraction of sp³-hybridized carbons (Fsp3) is 0.533. The van der Waals surface area contributed by atoms with Gasteiger partial charge in [0.25, 0.3) is 5.91 Å². The number of carbonyl (C=O) groups excluding carboxylic acids is 3. The van der Waals surface area contributed by atoms with Crippen molar-refractivity contribution in [2.45, 2.75) is 71.0 Å². The minimum Gasteiger partial charge on any atom is -0.349 e. The van der Waals surface area contributed by atoms with Gasteiger partial charge in [0.1, 0.15) is 6.54 Å². The molecule has 0 bridgehead atoms. The standard InChI is InChI=1S/C30H39ClN6O3.ClH/c1-4-5-28(38)25-17-32-37(20(25)2)23-9-7-22(8-10-23)33-30(40)26-18-36(27-11-6-21(31)16-24(26)27)19-29(39)35-14-12-34(3)13-15-35;/h6,11,16-18,22-23H,4-5,7-10,12-15,19H2,1-3H3,(H,33,40);1H. The molecule has 222 valence electrons. The minimum absolute atomic E-state index is 0. The molecule has 0 radical (unpaired) electrons. The SMILES string of the molecule is CCCC(=O)c1cnn(C2CCC(NC(=O)c3cn(CC(=O)N4CCN(C)CC4)c4ccc(Cl)cc34)CC2)c1C.Cl. The lowest BCUT2D eigenvalue weighted by atomic mass is 9.90. The predicted octanol–water partition coefficient (Wildman–Crippen LogP) is 4.89. The van der Waals surface area contributed by atoms with Crippen molar-refractivity contribution in [3.63, 3.8) is 0 Å². The third-order valence-electron chi connectivity index (χ3n) is 8.45. The molecule has 2 aliphatic rings. The van der Waals surface area contributed by atoms with Gasteiger partial charge < -0.3 is 19.7 Å². The molecule has 9 nitrogen and oxygen atoms in total. The monoisotopic (exact) mass is 602 g/mol. The largest absolute Gasteiger partial charge is 0.349 e. The van der Waals surface area contributed by atoms with E-state index in [-0.39, 0.29) is 48.6 Å². The smallest absolute Gasteiger partial charge is 0.253 e. The van der Waals surface area contributed by atoms with Gasteiger partial charge in [0.15, 0.2) is 5.78 Å². The highest BCUT2D eigenvalue weighted by molar-refractivity contribution is 6.31. The molecule has 1 saturated carbocycles. The normalized spacial score (nSPS) is 19.7. The number of piperazine rings is 1. The molecule has 0 unspecified atom stereocenters. The molecule has 11 heteroatoms. The molecule has 3 aromatic rings. The Balaban J connectivity index is 0.00000387. The Morgan fingerprint density at radius 3 is 2.44 bits per heavy atom. The van der Waals surface area contributed by atoms with E-state index in [0.29, 0.717) is 30.1 Å². The van der Waals surface area contributed by atoms with E-state index < -0.39 is 0 Å². The molecule has 1 aromatic carbocycles. The van der Waals surface area contributed by atoms with E-state index in [1.54, 1.807) is 24.5 Å². The first-order valence-corrected chi connectivity index (χ1v) is 14.8. The number of hydrogen-bond acceptors (Lipinski definition) is 5. The average molecular weight is 604 g/mol. The molecule has 0 spiro atoms. The second-order valence-corrected chi connectivity index (χ2v) is 11.7. The summed E-state index contributed by atoms with van der Waals surface area (Å²) >= 11 is 6.31. The van der Waals surface area contributed by atoms with Crippen molar-refractivity contribution >= 4 is 52.5 Å². The van der Waals surface area contributed by atoms with Gasteiger partial charge in [-0.2, -0.15) is 5.10 Å². The lowest BCUT2D eigenvalue weighted by Crippen LogP contribution is -2.48. The molecule has 2 amide bonds. The van der Waals surface area contributed by atoms with E-state index >= 15 is 0 Å². The topological polar surface area (TPSA) is 92.5 Å². The zero-order chi connectivity index (χ0) is 28.4. The molecule has 1 saturated heterocycles. The summed E-state index contributed by atoms with van der Waals surface area (Å²) < 4.78 is 3.87. The lowest BCUT2D eigenvalue weighted by molar-refractivity contribution is -0.133. The quantitative estimate of drug-likeness (QED) is 0.370. The first-order chi connectivity index (χ1) is 19.2. The van der Waals surface area contributed by atoms with Gasteiger partial charge in [0, 0.05) is 66.5 Å². The van der Waals surface area contributed by atoms with Gasteiger partial charge in [0.2, 0.25) is 5.91 Å². The Hall–Kier alpha value is -2.88. The highest BCUT2D eigenvalue weighted by Gasteiger charge is 2.28. The van der Waals surface area contributed by atoms with Crippen LogP contribution < -0.4 is 5.32 Å². The summed E-state index contributed by atoms with van der Waals surface area (Å²) in [5, 5.41) is 9.07. The van der Waals surface area contributed by atoms with Gasteiger partial charge in [-0.25, -0.2) is 0 Å². The minimum atomic E-state index is -0.149. The number of benzene rings is 1. The third kappa shape index (κ3) is 6.79. The summed E-state index contributed by atoms with van der Waals surface area (Å²) in [7, 11) is 2.06. The number of hydrogen-bond donors (Lipinski definition) is 1. The van der Waals surface area contributed by atoms with E-state index in [2.05, 4.69) is 22.4 Å². The molecule has 2 aromatic heterocycles. The zero-order valence-electron chi connectivity index (χ0n) is 24.1. The molecule has 3 heterocycles. The maximum absolute atomic E-state index is 13.5. The summed E-state index contributed by atoms with van der Waals surface area (Å²) in [5.74, 6) is 0.0552. The van der Waals surface area contributed by atoms with Crippen LogP contribution in [0, 0.1) is 6.92 Å². The van der Waals surface area contributed by atoms with Crippen LogP contribution in [-0.2, 0) is 11.3 Å². The summed E-state index contributed by atoms with van der Waals surface area (Å²) in [4.78, 5) is 43.1. The van der Waals surface area contributed by atoms with Crippen molar-refractivity contribution in [3.05, 3.63) is 52.4 Å². The molecule has 1 aliphatic heterocycles. The Labute approximate surface area is 252 Å². The first kappa shape index (κ1) is 31.1. The highest BCUT2D eigenvalue weighted by Crippen LogP contribution is 2.31. The van der Waals surface area contributed by atoms with Gasteiger partial charge >= 0.3 is 0 Å². The molecular formula is C30H40Cl2N6O3.